The molecule has 0 unspecified atom stereocenters. The number of fused-ring (bicyclic) bond motifs is 1. The normalized spacial score (nSPS) is 12.0. The highest BCUT2D eigenvalue weighted by Gasteiger charge is 2.20. The number of ether oxygens (including phenoxy) is 1. The summed E-state index contributed by atoms with van der Waals surface area (Å²) in [5.41, 5.74) is 1.54. The van der Waals surface area contributed by atoms with E-state index < -0.39 is 17.5 Å². The molecule has 0 aliphatic rings. The lowest BCUT2D eigenvalue weighted by Gasteiger charge is -2.25. The largest absolute Gasteiger partial charge is 0.464 e. The fourth-order valence-corrected chi connectivity index (χ4v) is 3.22. The molecule has 0 bridgehead atoms. The molecule has 1 aromatic heterocycles. The zero-order valence-corrected chi connectivity index (χ0v) is 16.4. The van der Waals surface area contributed by atoms with Crippen LogP contribution in [0, 0.1) is 5.82 Å². The Morgan fingerprint density at radius 3 is 2.64 bits per heavy atom. The SMILES string of the molecule is CCOC(=O)[C@@H](C)N(C)c1ccc2c(-c3ccc(F)cc3Cl)cc(=O)oc2c1. The van der Waals surface area contributed by atoms with Crippen LogP contribution in [0.15, 0.2) is 51.7 Å². The molecule has 0 spiro atoms. The Balaban J connectivity index is 2.09. The van der Waals surface area contributed by atoms with Crippen LogP contribution in [0.5, 0.6) is 0 Å². The van der Waals surface area contributed by atoms with Gasteiger partial charge in [0.2, 0.25) is 0 Å². The van der Waals surface area contributed by atoms with Gasteiger partial charge in [-0.05, 0) is 44.2 Å². The number of hydrogen-bond donors (Lipinski definition) is 0. The smallest absolute Gasteiger partial charge is 0.336 e. The Morgan fingerprint density at radius 1 is 1.21 bits per heavy atom. The maximum Gasteiger partial charge on any atom is 0.336 e. The van der Waals surface area contributed by atoms with Crippen molar-refractivity contribution in [3.8, 4) is 11.1 Å². The number of carbonyl (C=O) groups excluding carboxylic acids is 1. The number of nitrogens with zero attached hydrogens (tertiary/aromatic N) is 1. The summed E-state index contributed by atoms with van der Waals surface area (Å²) in [5, 5.41) is 0.845. The maximum atomic E-state index is 13.4. The fraction of sp³-hybridized carbons (Fsp3) is 0.238. The Kier molecular flexibility index (Phi) is 5.70. The predicted molar refractivity (Wildman–Crippen MR) is 107 cm³/mol. The van der Waals surface area contributed by atoms with Gasteiger partial charge in [0.05, 0.1) is 11.6 Å². The molecule has 28 heavy (non-hydrogen) atoms. The van der Waals surface area contributed by atoms with Gasteiger partial charge in [-0.1, -0.05) is 11.6 Å². The van der Waals surface area contributed by atoms with Gasteiger partial charge in [0.15, 0.2) is 0 Å². The van der Waals surface area contributed by atoms with E-state index in [1.54, 1.807) is 44.0 Å². The summed E-state index contributed by atoms with van der Waals surface area (Å²) < 4.78 is 23.8. The Labute approximate surface area is 166 Å². The molecule has 0 radical (unpaired) electrons. The van der Waals surface area contributed by atoms with E-state index in [4.69, 9.17) is 20.8 Å². The van der Waals surface area contributed by atoms with Crippen molar-refractivity contribution in [3.05, 3.63) is 63.7 Å². The van der Waals surface area contributed by atoms with E-state index in [1.807, 2.05) is 0 Å². The number of esters is 1. The summed E-state index contributed by atoms with van der Waals surface area (Å²) in [4.78, 5) is 25.8. The molecular weight excluding hydrogens is 385 g/mol. The van der Waals surface area contributed by atoms with Crippen molar-refractivity contribution in [2.24, 2.45) is 0 Å². The van der Waals surface area contributed by atoms with Crippen LogP contribution < -0.4 is 10.5 Å². The van der Waals surface area contributed by atoms with E-state index >= 15 is 0 Å². The van der Waals surface area contributed by atoms with Crippen molar-refractivity contribution in [1.29, 1.82) is 0 Å². The standard InChI is InChI=1S/C21H19ClFNO4/c1-4-27-21(26)12(2)24(3)14-6-8-16-17(11-20(25)28-19(16)10-14)15-7-5-13(23)9-18(15)22/h5-12H,4H2,1-3H3/t12-/m1/s1. The number of likely N-dealkylation sites (N-methyl/N-ethyl adjacent to an activating group) is 1. The number of halogens is 2. The van der Waals surface area contributed by atoms with E-state index in [1.165, 1.54) is 24.3 Å². The molecule has 2 aromatic carbocycles. The predicted octanol–water partition coefficient (Wildman–Crippen LogP) is 4.64. The zero-order valence-electron chi connectivity index (χ0n) is 15.7. The topological polar surface area (TPSA) is 59.8 Å². The average Bonchev–Trinajstić information content (AvgIpc) is 2.66. The van der Waals surface area contributed by atoms with Gasteiger partial charge >= 0.3 is 11.6 Å². The van der Waals surface area contributed by atoms with Gasteiger partial charge in [-0.2, -0.15) is 0 Å². The summed E-state index contributed by atoms with van der Waals surface area (Å²) in [7, 11) is 1.75. The van der Waals surface area contributed by atoms with Gasteiger partial charge in [-0.25, -0.2) is 14.0 Å². The molecule has 3 rings (SSSR count). The molecule has 1 heterocycles. The van der Waals surface area contributed by atoms with Crippen LogP contribution in [0.3, 0.4) is 0 Å². The van der Waals surface area contributed by atoms with Gasteiger partial charge in [0, 0.05) is 41.4 Å². The van der Waals surface area contributed by atoms with Gasteiger partial charge in [0.1, 0.15) is 17.4 Å². The number of benzene rings is 2. The van der Waals surface area contributed by atoms with E-state index in [2.05, 4.69) is 0 Å². The molecule has 0 saturated heterocycles. The Morgan fingerprint density at radius 2 is 1.96 bits per heavy atom. The number of hydrogen-bond acceptors (Lipinski definition) is 5. The second-order valence-electron chi connectivity index (χ2n) is 6.32. The van der Waals surface area contributed by atoms with Gasteiger partial charge < -0.3 is 14.1 Å². The molecule has 1 atom stereocenters. The van der Waals surface area contributed by atoms with Crippen molar-refractivity contribution in [1.82, 2.24) is 0 Å². The highest BCUT2D eigenvalue weighted by molar-refractivity contribution is 6.33. The van der Waals surface area contributed by atoms with Crippen molar-refractivity contribution >= 4 is 34.2 Å². The molecule has 7 heteroatoms. The van der Waals surface area contributed by atoms with Crippen molar-refractivity contribution in [2.45, 2.75) is 19.9 Å². The van der Waals surface area contributed by atoms with Crippen LogP contribution in [-0.4, -0.2) is 25.7 Å². The van der Waals surface area contributed by atoms with E-state index in [-0.39, 0.29) is 11.0 Å². The molecule has 146 valence electrons. The molecule has 0 saturated carbocycles. The molecule has 5 nitrogen and oxygen atoms in total. The monoisotopic (exact) mass is 403 g/mol. The van der Waals surface area contributed by atoms with E-state index in [9.17, 15) is 14.0 Å². The number of carbonyl (C=O) groups is 1. The second kappa shape index (κ2) is 8.02. The summed E-state index contributed by atoms with van der Waals surface area (Å²) in [6.45, 7) is 3.77. The quantitative estimate of drug-likeness (QED) is 0.458. The fourth-order valence-electron chi connectivity index (χ4n) is 2.95. The molecular formula is C21H19ClFNO4. The number of rotatable bonds is 5. The minimum atomic E-state index is -0.555. The first-order valence-electron chi connectivity index (χ1n) is 8.74. The lowest BCUT2D eigenvalue weighted by atomic mass is 10.0. The summed E-state index contributed by atoms with van der Waals surface area (Å²) in [6.07, 6.45) is 0. The first kappa shape index (κ1) is 19.9. The molecule has 0 amide bonds. The Bertz CT molecular complexity index is 1100. The summed E-state index contributed by atoms with van der Waals surface area (Å²) in [5.74, 6) is -0.809. The van der Waals surface area contributed by atoms with E-state index in [0.29, 0.717) is 34.4 Å². The number of anilines is 1. The lowest BCUT2D eigenvalue weighted by molar-refractivity contribution is -0.144. The van der Waals surface area contributed by atoms with Gasteiger partial charge in [0.25, 0.3) is 0 Å². The van der Waals surface area contributed by atoms with Gasteiger partial charge in [-0.15, -0.1) is 0 Å². The molecule has 0 aliphatic heterocycles. The lowest BCUT2D eigenvalue weighted by Crippen LogP contribution is -2.37. The van der Waals surface area contributed by atoms with Crippen LogP contribution in [0.1, 0.15) is 13.8 Å². The molecule has 0 fully saturated rings. The zero-order chi connectivity index (χ0) is 20.4. The van der Waals surface area contributed by atoms with Crippen molar-refractivity contribution in [2.75, 3.05) is 18.6 Å². The molecule has 0 aliphatic carbocycles. The first-order valence-corrected chi connectivity index (χ1v) is 9.12. The summed E-state index contributed by atoms with van der Waals surface area (Å²) in [6, 6.07) is 10.1. The molecule has 0 N–H and O–H groups in total. The Hall–Kier alpha value is -2.86. The van der Waals surface area contributed by atoms with Crippen LogP contribution >= 0.6 is 11.6 Å². The second-order valence-corrected chi connectivity index (χ2v) is 6.73. The third-order valence-corrected chi connectivity index (χ3v) is 4.88. The average molecular weight is 404 g/mol. The van der Waals surface area contributed by atoms with Crippen LogP contribution in [0.4, 0.5) is 10.1 Å². The van der Waals surface area contributed by atoms with Gasteiger partial charge in [-0.3, -0.25) is 0 Å². The van der Waals surface area contributed by atoms with Crippen LogP contribution in [0.2, 0.25) is 5.02 Å². The third-order valence-electron chi connectivity index (χ3n) is 4.57. The van der Waals surface area contributed by atoms with E-state index in [0.717, 1.165) is 0 Å². The van der Waals surface area contributed by atoms with Crippen molar-refractivity contribution < 1.29 is 18.3 Å². The maximum absolute atomic E-state index is 13.4. The van der Waals surface area contributed by atoms with Crippen molar-refractivity contribution in [3.63, 3.8) is 0 Å². The van der Waals surface area contributed by atoms with Crippen LogP contribution in [-0.2, 0) is 9.53 Å². The minimum absolute atomic E-state index is 0.198. The van der Waals surface area contributed by atoms with Crippen LogP contribution in [0.25, 0.3) is 22.1 Å². The third kappa shape index (κ3) is 3.87. The highest BCUT2D eigenvalue weighted by atomic mass is 35.5. The molecule has 3 aromatic rings. The highest BCUT2D eigenvalue weighted by Crippen LogP contribution is 2.34. The summed E-state index contributed by atoms with van der Waals surface area (Å²) >= 11 is 6.17. The first-order chi connectivity index (χ1) is 13.3. The minimum Gasteiger partial charge on any atom is -0.464 e.